The van der Waals surface area contributed by atoms with Gasteiger partial charge in [-0.05, 0) is 62.4 Å². The second-order valence-corrected chi connectivity index (χ2v) is 5.99. The first-order valence-corrected chi connectivity index (χ1v) is 7.50. The minimum Gasteiger partial charge on any atom is -0.458 e. The number of halogens is 1. The molecular formula is C16H20ClNO. The van der Waals surface area contributed by atoms with Gasteiger partial charge in [-0.15, -0.1) is 0 Å². The van der Waals surface area contributed by atoms with Crippen molar-refractivity contribution in [1.82, 2.24) is 5.32 Å². The SMILES string of the molecule is CCCNC(c1cc2cc(C)cc(Cl)c2o1)C1CC1. The fourth-order valence-corrected chi connectivity index (χ4v) is 2.97. The number of hydrogen-bond acceptors (Lipinski definition) is 2. The molecule has 102 valence electrons. The van der Waals surface area contributed by atoms with Crippen molar-refractivity contribution >= 4 is 22.6 Å². The average Bonchev–Trinajstić information content (AvgIpc) is 3.10. The number of benzene rings is 1. The Hall–Kier alpha value is -0.990. The van der Waals surface area contributed by atoms with Gasteiger partial charge >= 0.3 is 0 Å². The second-order valence-electron chi connectivity index (χ2n) is 5.58. The van der Waals surface area contributed by atoms with E-state index in [0.29, 0.717) is 11.1 Å². The molecule has 1 aromatic carbocycles. The molecule has 0 saturated heterocycles. The fraction of sp³-hybridized carbons (Fsp3) is 0.500. The Balaban J connectivity index is 1.96. The summed E-state index contributed by atoms with van der Waals surface area (Å²) in [6, 6.07) is 6.60. The van der Waals surface area contributed by atoms with E-state index < -0.39 is 0 Å². The van der Waals surface area contributed by atoms with E-state index in [2.05, 4.69) is 31.3 Å². The summed E-state index contributed by atoms with van der Waals surface area (Å²) < 4.78 is 6.02. The van der Waals surface area contributed by atoms with Crippen LogP contribution >= 0.6 is 11.6 Å². The molecule has 3 rings (SSSR count). The molecule has 1 saturated carbocycles. The van der Waals surface area contributed by atoms with Gasteiger partial charge in [0.1, 0.15) is 5.76 Å². The highest BCUT2D eigenvalue weighted by Gasteiger charge is 2.34. The summed E-state index contributed by atoms with van der Waals surface area (Å²) >= 11 is 6.27. The molecule has 3 heteroatoms. The number of nitrogens with one attached hydrogen (secondary N) is 1. The average molecular weight is 278 g/mol. The van der Waals surface area contributed by atoms with Gasteiger partial charge in [0.2, 0.25) is 0 Å². The van der Waals surface area contributed by atoms with Crippen LogP contribution in [0.1, 0.15) is 43.6 Å². The lowest BCUT2D eigenvalue weighted by molar-refractivity contribution is 0.397. The highest BCUT2D eigenvalue weighted by atomic mass is 35.5. The number of aryl methyl sites for hydroxylation is 1. The van der Waals surface area contributed by atoms with E-state index in [-0.39, 0.29) is 0 Å². The van der Waals surface area contributed by atoms with Crippen molar-refractivity contribution in [2.75, 3.05) is 6.54 Å². The van der Waals surface area contributed by atoms with Gasteiger partial charge in [0.05, 0.1) is 11.1 Å². The predicted octanol–water partition coefficient (Wildman–Crippen LogP) is 4.85. The lowest BCUT2D eigenvalue weighted by atomic mass is 10.1. The van der Waals surface area contributed by atoms with Crippen molar-refractivity contribution in [1.29, 1.82) is 0 Å². The standard InChI is InChI=1S/C16H20ClNO/c1-3-6-18-15(11-4-5-11)14-9-12-7-10(2)8-13(17)16(12)19-14/h7-9,11,15,18H,3-6H2,1-2H3. The fourth-order valence-electron chi connectivity index (χ4n) is 2.65. The minimum atomic E-state index is 0.351. The van der Waals surface area contributed by atoms with Gasteiger partial charge in [-0.3, -0.25) is 0 Å². The Morgan fingerprint density at radius 2 is 2.16 bits per heavy atom. The molecule has 1 aliphatic rings. The summed E-state index contributed by atoms with van der Waals surface area (Å²) in [4.78, 5) is 0. The topological polar surface area (TPSA) is 25.2 Å². The van der Waals surface area contributed by atoms with Crippen LogP contribution in [-0.4, -0.2) is 6.54 Å². The Kier molecular flexibility index (Phi) is 3.55. The Morgan fingerprint density at radius 3 is 2.84 bits per heavy atom. The van der Waals surface area contributed by atoms with Crippen LogP contribution in [0.2, 0.25) is 5.02 Å². The zero-order chi connectivity index (χ0) is 13.4. The molecule has 1 N–H and O–H groups in total. The van der Waals surface area contributed by atoms with Crippen molar-refractivity contribution < 1.29 is 4.42 Å². The molecule has 1 heterocycles. The van der Waals surface area contributed by atoms with Crippen LogP contribution < -0.4 is 5.32 Å². The summed E-state index contributed by atoms with van der Waals surface area (Å²) in [7, 11) is 0. The molecule has 1 aromatic heterocycles. The molecule has 2 aromatic rings. The molecule has 2 nitrogen and oxygen atoms in total. The van der Waals surface area contributed by atoms with Gasteiger partial charge in [-0.1, -0.05) is 18.5 Å². The van der Waals surface area contributed by atoms with Crippen LogP contribution in [0.3, 0.4) is 0 Å². The lowest BCUT2D eigenvalue weighted by Crippen LogP contribution is -2.23. The minimum absolute atomic E-state index is 0.351. The van der Waals surface area contributed by atoms with Crippen LogP contribution in [0, 0.1) is 12.8 Å². The monoisotopic (exact) mass is 277 g/mol. The third kappa shape index (κ3) is 2.65. The van der Waals surface area contributed by atoms with Crippen LogP contribution in [-0.2, 0) is 0 Å². The Labute approximate surface area is 119 Å². The largest absolute Gasteiger partial charge is 0.458 e. The molecule has 0 bridgehead atoms. The first-order valence-electron chi connectivity index (χ1n) is 7.12. The highest BCUT2D eigenvalue weighted by molar-refractivity contribution is 6.34. The zero-order valence-electron chi connectivity index (χ0n) is 11.5. The number of furan rings is 1. The van der Waals surface area contributed by atoms with E-state index in [1.807, 2.05) is 6.07 Å². The molecule has 0 aliphatic heterocycles. The summed E-state index contributed by atoms with van der Waals surface area (Å²) in [6.45, 7) is 5.28. The van der Waals surface area contributed by atoms with E-state index in [1.54, 1.807) is 0 Å². The van der Waals surface area contributed by atoms with Crippen molar-refractivity contribution in [3.63, 3.8) is 0 Å². The molecular weight excluding hydrogens is 258 g/mol. The maximum atomic E-state index is 6.27. The van der Waals surface area contributed by atoms with E-state index in [0.717, 1.165) is 35.6 Å². The maximum Gasteiger partial charge on any atom is 0.152 e. The Morgan fingerprint density at radius 1 is 1.37 bits per heavy atom. The maximum absolute atomic E-state index is 6.27. The molecule has 0 radical (unpaired) electrons. The smallest absolute Gasteiger partial charge is 0.152 e. The lowest BCUT2D eigenvalue weighted by Gasteiger charge is -2.14. The van der Waals surface area contributed by atoms with E-state index in [4.69, 9.17) is 16.0 Å². The molecule has 1 unspecified atom stereocenters. The summed E-state index contributed by atoms with van der Waals surface area (Å²) in [5.74, 6) is 1.77. The van der Waals surface area contributed by atoms with Gasteiger partial charge in [-0.2, -0.15) is 0 Å². The molecule has 0 spiro atoms. The van der Waals surface area contributed by atoms with Crippen molar-refractivity contribution in [2.24, 2.45) is 5.92 Å². The number of rotatable bonds is 5. The normalized spacial score (nSPS) is 17.0. The van der Waals surface area contributed by atoms with E-state index in [1.165, 1.54) is 18.4 Å². The van der Waals surface area contributed by atoms with Crippen molar-refractivity contribution in [2.45, 2.75) is 39.2 Å². The highest BCUT2D eigenvalue weighted by Crippen LogP contribution is 2.43. The molecule has 19 heavy (non-hydrogen) atoms. The molecule has 1 fully saturated rings. The van der Waals surface area contributed by atoms with E-state index >= 15 is 0 Å². The second kappa shape index (κ2) is 5.18. The van der Waals surface area contributed by atoms with Crippen molar-refractivity contribution in [3.8, 4) is 0 Å². The predicted molar refractivity (Wildman–Crippen MR) is 79.7 cm³/mol. The van der Waals surface area contributed by atoms with Crippen LogP contribution in [0.5, 0.6) is 0 Å². The van der Waals surface area contributed by atoms with Gasteiger partial charge in [0.15, 0.2) is 5.58 Å². The third-order valence-corrected chi connectivity index (χ3v) is 4.03. The van der Waals surface area contributed by atoms with Gasteiger partial charge in [-0.25, -0.2) is 0 Å². The zero-order valence-corrected chi connectivity index (χ0v) is 12.3. The summed E-state index contributed by atoms with van der Waals surface area (Å²) in [5, 5.41) is 5.43. The van der Waals surface area contributed by atoms with Crippen LogP contribution in [0.15, 0.2) is 22.6 Å². The number of fused-ring (bicyclic) bond motifs is 1. The molecule has 0 amide bonds. The van der Waals surface area contributed by atoms with E-state index in [9.17, 15) is 0 Å². The van der Waals surface area contributed by atoms with Crippen LogP contribution in [0.4, 0.5) is 0 Å². The quantitative estimate of drug-likeness (QED) is 0.845. The third-order valence-electron chi connectivity index (χ3n) is 3.75. The first kappa shape index (κ1) is 13.0. The Bertz CT molecular complexity index is 586. The van der Waals surface area contributed by atoms with Gasteiger partial charge < -0.3 is 9.73 Å². The molecule has 1 atom stereocenters. The number of hydrogen-bond donors (Lipinski definition) is 1. The molecule has 1 aliphatic carbocycles. The summed E-state index contributed by atoms with van der Waals surface area (Å²) in [6.07, 6.45) is 3.74. The first-order chi connectivity index (χ1) is 9.19. The summed E-state index contributed by atoms with van der Waals surface area (Å²) in [5.41, 5.74) is 2.00. The van der Waals surface area contributed by atoms with Crippen LogP contribution in [0.25, 0.3) is 11.0 Å². The van der Waals surface area contributed by atoms with Crippen molar-refractivity contribution in [3.05, 3.63) is 34.5 Å². The van der Waals surface area contributed by atoms with Gasteiger partial charge in [0.25, 0.3) is 0 Å². The van der Waals surface area contributed by atoms with Gasteiger partial charge in [0, 0.05) is 5.39 Å².